The molecule has 0 aromatic heterocycles. The molecule has 108 valence electrons. The second-order valence-electron chi connectivity index (χ2n) is 6.29. The summed E-state index contributed by atoms with van der Waals surface area (Å²) in [5.74, 6) is 0. The quantitative estimate of drug-likeness (QED) is 0.923. The average Bonchev–Trinajstić information content (AvgIpc) is 3.22. The fourth-order valence-corrected chi connectivity index (χ4v) is 3.50. The molecule has 3 fully saturated rings. The third kappa shape index (κ3) is 2.67. The van der Waals surface area contributed by atoms with Gasteiger partial charge < -0.3 is 15.0 Å². The van der Waals surface area contributed by atoms with E-state index in [-0.39, 0.29) is 0 Å². The van der Waals surface area contributed by atoms with Crippen LogP contribution in [0.2, 0.25) is 5.02 Å². The maximum atomic E-state index is 6.22. The van der Waals surface area contributed by atoms with Gasteiger partial charge in [-0.15, -0.1) is 0 Å². The predicted molar refractivity (Wildman–Crippen MR) is 81.4 cm³/mol. The number of morpholine rings is 1. The predicted octanol–water partition coefficient (Wildman–Crippen LogP) is 2.96. The molecule has 3 nitrogen and oxygen atoms in total. The Balaban J connectivity index is 1.56. The van der Waals surface area contributed by atoms with Gasteiger partial charge in [0.05, 0.1) is 12.2 Å². The second kappa shape index (κ2) is 5.21. The molecule has 2 heterocycles. The molecular formula is C16H21ClN2O. The van der Waals surface area contributed by atoms with E-state index < -0.39 is 0 Å². The van der Waals surface area contributed by atoms with E-state index in [0.717, 1.165) is 30.7 Å². The van der Waals surface area contributed by atoms with Gasteiger partial charge in [-0.3, -0.25) is 0 Å². The van der Waals surface area contributed by atoms with Crippen molar-refractivity contribution in [3.05, 3.63) is 28.8 Å². The maximum Gasteiger partial charge on any atom is 0.0755 e. The molecular weight excluding hydrogens is 272 g/mol. The number of fused-ring (bicyclic) bond motifs is 2. The van der Waals surface area contributed by atoms with Crippen molar-refractivity contribution in [2.24, 2.45) is 0 Å². The molecule has 20 heavy (non-hydrogen) atoms. The molecule has 4 rings (SSSR count). The number of hydrogen-bond acceptors (Lipinski definition) is 3. The van der Waals surface area contributed by atoms with E-state index in [1.165, 1.54) is 36.9 Å². The average molecular weight is 293 g/mol. The van der Waals surface area contributed by atoms with E-state index in [4.69, 9.17) is 16.3 Å². The van der Waals surface area contributed by atoms with Crippen LogP contribution >= 0.6 is 11.6 Å². The van der Waals surface area contributed by atoms with Crippen LogP contribution in [0.1, 0.15) is 31.2 Å². The Morgan fingerprint density at radius 3 is 2.60 bits per heavy atom. The highest BCUT2D eigenvalue weighted by Gasteiger charge is 2.34. The number of ether oxygens (including phenoxy) is 1. The summed E-state index contributed by atoms with van der Waals surface area (Å²) in [6, 6.07) is 7.03. The Labute approximate surface area is 125 Å². The fraction of sp³-hybridized carbons (Fsp3) is 0.625. The summed E-state index contributed by atoms with van der Waals surface area (Å²) >= 11 is 6.22. The first-order valence-electron chi connectivity index (χ1n) is 7.70. The third-order valence-corrected chi connectivity index (χ3v) is 4.83. The van der Waals surface area contributed by atoms with Crippen LogP contribution in [0.3, 0.4) is 0 Å². The lowest BCUT2D eigenvalue weighted by Gasteiger charge is -2.35. The molecule has 4 heteroatoms. The highest BCUT2D eigenvalue weighted by Crippen LogP contribution is 2.33. The summed E-state index contributed by atoms with van der Waals surface area (Å²) in [6.45, 7) is 2.96. The Hall–Kier alpha value is -0.770. The molecule has 2 unspecified atom stereocenters. The van der Waals surface area contributed by atoms with Gasteiger partial charge in [-0.25, -0.2) is 0 Å². The van der Waals surface area contributed by atoms with Crippen LogP contribution in [0.4, 0.5) is 5.69 Å². The first-order valence-corrected chi connectivity index (χ1v) is 8.08. The van der Waals surface area contributed by atoms with Crippen LogP contribution in [0.15, 0.2) is 18.2 Å². The lowest BCUT2D eigenvalue weighted by Crippen LogP contribution is -2.43. The van der Waals surface area contributed by atoms with Crippen molar-refractivity contribution >= 4 is 17.3 Å². The molecule has 1 aromatic carbocycles. The second-order valence-corrected chi connectivity index (χ2v) is 6.73. The number of rotatable bonds is 4. The molecule has 0 spiro atoms. The molecule has 0 radical (unpaired) electrons. The van der Waals surface area contributed by atoms with Crippen molar-refractivity contribution in [3.8, 4) is 0 Å². The van der Waals surface area contributed by atoms with Gasteiger partial charge in [-0.2, -0.15) is 0 Å². The molecule has 2 aliphatic heterocycles. The van der Waals surface area contributed by atoms with E-state index in [0.29, 0.717) is 12.2 Å². The number of nitrogens with one attached hydrogen (secondary N) is 1. The highest BCUT2D eigenvalue weighted by atomic mass is 35.5. The van der Waals surface area contributed by atoms with Crippen LogP contribution in [-0.2, 0) is 11.3 Å². The molecule has 0 amide bonds. The zero-order valence-electron chi connectivity index (χ0n) is 11.6. The smallest absolute Gasteiger partial charge is 0.0755 e. The van der Waals surface area contributed by atoms with Crippen molar-refractivity contribution in [1.82, 2.24) is 5.32 Å². The summed E-state index contributed by atoms with van der Waals surface area (Å²) in [5.41, 5.74) is 2.66. The van der Waals surface area contributed by atoms with Gasteiger partial charge in [0, 0.05) is 36.4 Å². The Morgan fingerprint density at radius 2 is 1.90 bits per heavy atom. The van der Waals surface area contributed by atoms with Crippen molar-refractivity contribution < 1.29 is 4.74 Å². The van der Waals surface area contributed by atoms with Crippen LogP contribution < -0.4 is 10.2 Å². The van der Waals surface area contributed by atoms with Crippen molar-refractivity contribution in [2.45, 2.75) is 50.5 Å². The van der Waals surface area contributed by atoms with E-state index in [9.17, 15) is 0 Å². The number of benzene rings is 1. The highest BCUT2D eigenvalue weighted by molar-refractivity contribution is 6.30. The van der Waals surface area contributed by atoms with E-state index in [1.807, 2.05) is 6.07 Å². The zero-order chi connectivity index (χ0) is 13.5. The van der Waals surface area contributed by atoms with Gasteiger partial charge in [0.25, 0.3) is 0 Å². The third-order valence-electron chi connectivity index (χ3n) is 4.59. The number of halogens is 1. The lowest BCUT2D eigenvalue weighted by atomic mass is 10.1. The normalized spacial score (nSPS) is 28.9. The van der Waals surface area contributed by atoms with Crippen LogP contribution in [-0.4, -0.2) is 31.3 Å². The number of nitrogens with zero attached hydrogens (tertiary/aromatic N) is 1. The van der Waals surface area contributed by atoms with E-state index >= 15 is 0 Å². The molecule has 2 atom stereocenters. The summed E-state index contributed by atoms with van der Waals surface area (Å²) in [7, 11) is 0. The summed E-state index contributed by atoms with van der Waals surface area (Å²) in [6.07, 6.45) is 5.89. The van der Waals surface area contributed by atoms with Crippen molar-refractivity contribution in [2.75, 3.05) is 18.0 Å². The number of hydrogen-bond donors (Lipinski definition) is 1. The molecule has 1 saturated carbocycles. The minimum Gasteiger partial charge on any atom is -0.371 e. The minimum absolute atomic E-state index is 0.414. The van der Waals surface area contributed by atoms with Gasteiger partial charge in [0.15, 0.2) is 0 Å². The molecule has 3 aliphatic rings. The molecule has 1 aromatic rings. The zero-order valence-corrected chi connectivity index (χ0v) is 12.4. The van der Waals surface area contributed by atoms with Crippen LogP contribution in [0.5, 0.6) is 0 Å². The van der Waals surface area contributed by atoms with Gasteiger partial charge >= 0.3 is 0 Å². The Morgan fingerprint density at radius 1 is 1.15 bits per heavy atom. The van der Waals surface area contributed by atoms with Crippen molar-refractivity contribution in [1.29, 1.82) is 0 Å². The number of anilines is 1. The standard InChI is InChI=1S/C16H21ClN2O/c17-12-2-1-11(8-18-13-3-4-13)16(7-12)19-9-14-5-6-15(10-19)20-14/h1-2,7,13-15,18H,3-6,8-10H2. The molecule has 1 N–H and O–H groups in total. The van der Waals surface area contributed by atoms with E-state index in [2.05, 4.69) is 22.3 Å². The van der Waals surface area contributed by atoms with E-state index in [1.54, 1.807) is 0 Å². The SMILES string of the molecule is Clc1ccc(CNC2CC2)c(N2CC3CCC(C2)O3)c1. The topological polar surface area (TPSA) is 24.5 Å². The largest absolute Gasteiger partial charge is 0.371 e. The maximum absolute atomic E-state index is 6.22. The van der Waals surface area contributed by atoms with Crippen LogP contribution in [0, 0.1) is 0 Å². The molecule has 2 bridgehead atoms. The van der Waals surface area contributed by atoms with Gasteiger partial charge in [0.2, 0.25) is 0 Å². The fourth-order valence-electron chi connectivity index (χ4n) is 3.33. The van der Waals surface area contributed by atoms with Gasteiger partial charge in [0.1, 0.15) is 0 Å². The van der Waals surface area contributed by atoms with Gasteiger partial charge in [-0.05, 0) is 43.4 Å². The summed E-state index contributed by atoms with van der Waals surface area (Å²) < 4.78 is 5.94. The van der Waals surface area contributed by atoms with Crippen LogP contribution in [0.25, 0.3) is 0 Å². The Bertz CT molecular complexity index is 491. The van der Waals surface area contributed by atoms with Gasteiger partial charge in [-0.1, -0.05) is 17.7 Å². The minimum atomic E-state index is 0.414. The first kappa shape index (κ1) is 12.9. The lowest BCUT2D eigenvalue weighted by molar-refractivity contribution is 0.0304. The molecule has 2 saturated heterocycles. The summed E-state index contributed by atoms with van der Waals surface area (Å²) in [5, 5.41) is 4.44. The Kier molecular flexibility index (Phi) is 3.37. The van der Waals surface area contributed by atoms with Crippen molar-refractivity contribution in [3.63, 3.8) is 0 Å². The summed E-state index contributed by atoms with van der Waals surface area (Å²) in [4.78, 5) is 2.47. The first-order chi connectivity index (χ1) is 9.78. The molecule has 1 aliphatic carbocycles. The monoisotopic (exact) mass is 292 g/mol.